The quantitative estimate of drug-likeness (QED) is 0.532. The fraction of sp³-hybridized carbons (Fsp3) is 0.393. The molecule has 3 aromatic rings. The van der Waals surface area contributed by atoms with Gasteiger partial charge in [0.1, 0.15) is 17.2 Å². The third kappa shape index (κ3) is 4.58. The number of fused-ring (bicyclic) bond motifs is 1. The van der Waals surface area contributed by atoms with E-state index in [9.17, 15) is 4.79 Å². The lowest BCUT2D eigenvalue weighted by Crippen LogP contribution is -2.42. The molecule has 1 atom stereocenters. The third-order valence-corrected chi connectivity index (χ3v) is 7.53. The normalized spacial score (nSPS) is 19.6. The van der Waals surface area contributed by atoms with Crippen LogP contribution in [0.15, 0.2) is 30.3 Å². The molecule has 198 valence electrons. The van der Waals surface area contributed by atoms with Gasteiger partial charge < -0.3 is 20.7 Å². The number of benzene rings is 2. The number of halogens is 2. The van der Waals surface area contributed by atoms with Crippen LogP contribution >= 0.6 is 0 Å². The molecule has 0 bridgehead atoms. The second kappa shape index (κ2) is 9.92. The van der Waals surface area contributed by atoms with Gasteiger partial charge in [-0.25, -0.2) is 9.37 Å². The average Bonchev–Trinajstić information content (AvgIpc) is 2.87. The number of anilines is 2. The first kappa shape index (κ1) is 24.7. The van der Waals surface area contributed by atoms with Crippen molar-refractivity contribution >= 4 is 17.4 Å². The maximum absolute atomic E-state index is 15.2. The van der Waals surface area contributed by atoms with Gasteiger partial charge in [0.15, 0.2) is 5.82 Å². The molecule has 0 unspecified atom stereocenters. The molecule has 2 fully saturated rings. The van der Waals surface area contributed by atoms with Crippen molar-refractivity contribution in [2.75, 3.05) is 50.0 Å². The SMILES string of the molecule is C[C@H]1CN(c2ccc(-c3nc(-c4cc5c(cc4F)C(=O)NCC5)c(N)nc3F)cc2CN2CCC2)CCO1. The Bertz CT molecular complexity index is 1410. The Hall–Kier alpha value is -3.63. The van der Waals surface area contributed by atoms with Crippen LogP contribution in [-0.4, -0.2) is 66.2 Å². The summed E-state index contributed by atoms with van der Waals surface area (Å²) >= 11 is 0. The number of carbonyl (C=O) groups excluding carboxylic acids is 1. The van der Waals surface area contributed by atoms with Crippen molar-refractivity contribution in [2.24, 2.45) is 0 Å². The summed E-state index contributed by atoms with van der Waals surface area (Å²) in [4.78, 5) is 25.2. The molecule has 0 radical (unpaired) electrons. The predicted molar refractivity (Wildman–Crippen MR) is 141 cm³/mol. The zero-order chi connectivity index (χ0) is 26.4. The summed E-state index contributed by atoms with van der Waals surface area (Å²) in [6.07, 6.45) is 1.84. The molecule has 1 aromatic heterocycles. The third-order valence-electron chi connectivity index (χ3n) is 7.53. The van der Waals surface area contributed by atoms with E-state index in [0.717, 1.165) is 44.0 Å². The fourth-order valence-corrected chi connectivity index (χ4v) is 5.42. The van der Waals surface area contributed by atoms with E-state index in [1.165, 1.54) is 12.5 Å². The fourth-order valence-electron chi connectivity index (χ4n) is 5.42. The molecule has 3 N–H and O–H groups in total. The molecule has 0 saturated carbocycles. The molecular formula is C28H30F2N6O2. The average molecular weight is 521 g/mol. The van der Waals surface area contributed by atoms with E-state index in [2.05, 4.69) is 32.0 Å². The largest absolute Gasteiger partial charge is 0.382 e. The highest BCUT2D eigenvalue weighted by Crippen LogP contribution is 2.35. The van der Waals surface area contributed by atoms with E-state index in [1.54, 1.807) is 6.07 Å². The second-order valence-corrected chi connectivity index (χ2v) is 10.2. The molecule has 4 heterocycles. The molecule has 3 aliphatic heterocycles. The Morgan fingerprint density at radius 3 is 2.71 bits per heavy atom. The number of likely N-dealkylation sites (tertiary alicyclic amines) is 1. The van der Waals surface area contributed by atoms with Crippen molar-refractivity contribution in [2.45, 2.75) is 32.4 Å². The zero-order valence-corrected chi connectivity index (χ0v) is 21.3. The van der Waals surface area contributed by atoms with E-state index in [-0.39, 0.29) is 40.3 Å². The van der Waals surface area contributed by atoms with Crippen molar-refractivity contribution in [1.82, 2.24) is 20.2 Å². The number of nitrogen functional groups attached to an aromatic ring is 1. The molecule has 3 aliphatic rings. The zero-order valence-electron chi connectivity index (χ0n) is 21.3. The van der Waals surface area contributed by atoms with Crippen LogP contribution in [0.3, 0.4) is 0 Å². The number of hydrogen-bond acceptors (Lipinski definition) is 7. The van der Waals surface area contributed by atoms with Gasteiger partial charge in [-0.15, -0.1) is 0 Å². The first-order valence-corrected chi connectivity index (χ1v) is 13.0. The van der Waals surface area contributed by atoms with Crippen molar-refractivity contribution in [3.05, 3.63) is 58.8 Å². The lowest BCUT2D eigenvalue weighted by atomic mass is 9.96. The Labute approximate surface area is 219 Å². The Kier molecular flexibility index (Phi) is 6.45. The van der Waals surface area contributed by atoms with E-state index < -0.39 is 11.8 Å². The van der Waals surface area contributed by atoms with Gasteiger partial charge in [-0.05, 0) is 68.2 Å². The van der Waals surface area contributed by atoms with Crippen LogP contribution in [-0.2, 0) is 17.7 Å². The summed E-state index contributed by atoms with van der Waals surface area (Å²) in [6, 6.07) is 8.54. The molecular weight excluding hydrogens is 490 g/mol. The lowest BCUT2D eigenvalue weighted by molar-refractivity contribution is 0.0531. The summed E-state index contributed by atoms with van der Waals surface area (Å²) in [5.41, 5.74) is 9.91. The number of nitrogens with one attached hydrogen (secondary N) is 1. The van der Waals surface area contributed by atoms with Crippen molar-refractivity contribution < 1.29 is 18.3 Å². The van der Waals surface area contributed by atoms with Crippen molar-refractivity contribution in [3.63, 3.8) is 0 Å². The molecule has 2 saturated heterocycles. The number of rotatable bonds is 5. The van der Waals surface area contributed by atoms with Gasteiger partial charge in [-0.3, -0.25) is 9.69 Å². The van der Waals surface area contributed by atoms with Crippen LogP contribution < -0.4 is 16.0 Å². The number of ether oxygens (including phenoxy) is 1. The number of nitrogens with zero attached hydrogens (tertiary/aromatic N) is 4. The maximum atomic E-state index is 15.2. The molecule has 10 heteroatoms. The topological polar surface area (TPSA) is 96.6 Å². The maximum Gasteiger partial charge on any atom is 0.251 e. The number of hydrogen-bond donors (Lipinski definition) is 2. The monoisotopic (exact) mass is 520 g/mol. The van der Waals surface area contributed by atoms with Crippen molar-refractivity contribution in [3.8, 4) is 22.5 Å². The second-order valence-electron chi connectivity index (χ2n) is 10.2. The standard InChI is InChI=1S/C28H30F2N6O2/c1-16-14-36(9-10-38-16)23-4-3-18(11-19(23)15-35-7-2-8-35)24-26(30)34-27(31)25(33-24)21-12-17-5-6-32-28(37)20(17)13-22(21)29/h3-4,11-13,16H,2,5-10,14-15H2,1H3,(H2,31,34)(H,32,37)/t16-/m0/s1. The number of morpholine rings is 1. The Balaban J connectivity index is 1.41. The minimum absolute atomic E-state index is 0.0100. The molecule has 2 aromatic carbocycles. The van der Waals surface area contributed by atoms with Crippen LogP contribution in [0.4, 0.5) is 20.3 Å². The van der Waals surface area contributed by atoms with Crippen LogP contribution in [0.1, 0.15) is 34.8 Å². The van der Waals surface area contributed by atoms with Crippen LogP contribution in [0.5, 0.6) is 0 Å². The molecule has 0 aliphatic carbocycles. The van der Waals surface area contributed by atoms with E-state index in [4.69, 9.17) is 10.5 Å². The Morgan fingerprint density at radius 1 is 1.11 bits per heavy atom. The van der Waals surface area contributed by atoms with Crippen LogP contribution in [0, 0.1) is 11.8 Å². The summed E-state index contributed by atoms with van der Waals surface area (Å²) in [7, 11) is 0. The van der Waals surface area contributed by atoms with Gasteiger partial charge in [-0.1, -0.05) is 6.07 Å². The van der Waals surface area contributed by atoms with Gasteiger partial charge in [0, 0.05) is 48.6 Å². The molecule has 6 rings (SSSR count). The van der Waals surface area contributed by atoms with Gasteiger partial charge in [0.05, 0.1) is 12.7 Å². The molecule has 38 heavy (non-hydrogen) atoms. The smallest absolute Gasteiger partial charge is 0.251 e. The van der Waals surface area contributed by atoms with Crippen LogP contribution in [0.25, 0.3) is 22.5 Å². The van der Waals surface area contributed by atoms with E-state index in [1.807, 2.05) is 18.2 Å². The predicted octanol–water partition coefficient (Wildman–Crippen LogP) is 3.39. The van der Waals surface area contributed by atoms with Gasteiger partial charge in [0.2, 0.25) is 5.95 Å². The molecule has 0 spiro atoms. The number of nitrogens with two attached hydrogens (primary N) is 1. The van der Waals surface area contributed by atoms with Crippen LogP contribution in [0.2, 0.25) is 0 Å². The summed E-state index contributed by atoms with van der Waals surface area (Å²) < 4.78 is 36.1. The van der Waals surface area contributed by atoms with Gasteiger partial charge in [0.25, 0.3) is 5.91 Å². The minimum atomic E-state index is -0.813. The van der Waals surface area contributed by atoms with E-state index >= 15 is 8.78 Å². The Morgan fingerprint density at radius 2 is 1.95 bits per heavy atom. The lowest BCUT2D eigenvalue weighted by Gasteiger charge is -2.36. The highest BCUT2D eigenvalue weighted by molar-refractivity contribution is 5.97. The van der Waals surface area contributed by atoms with Gasteiger partial charge >= 0.3 is 0 Å². The van der Waals surface area contributed by atoms with E-state index in [0.29, 0.717) is 30.7 Å². The first-order valence-electron chi connectivity index (χ1n) is 13.0. The first-order chi connectivity index (χ1) is 18.4. The number of amides is 1. The minimum Gasteiger partial charge on any atom is -0.382 e. The summed E-state index contributed by atoms with van der Waals surface area (Å²) in [5, 5.41) is 2.71. The highest BCUT2D eigenvalue weighted by Gasteiger charge is 2.26. The number of aromatic nitrogens is 2. The summed E-state index contributed by atoms with van der Waals surface area (Å²) in [6.45, 7) is 7.53. The molecule has 1 amide bonds. The van der Waals surface area contributed by atoms with Gasteiger partial charge in [-0.2, -0.15) is 9.37 Å². The highest BCUT2D eigenvalue weighted by atomic mass is 19.1. The summed E-state index contributed by atoms with van der Waals surface area (Å²) in [5.74, 6) is -1.99. The molecule has 8 nitrogen and oxygen atoms in total. The van der Waals surface area contributed by atoms with Crippen molar-refractivity contribution in [1.29, 1.82) is 0 Å². The number of carbonyl (C=O) groups is 1.